The summed E-state index contributed by atoms with van der Waals surface area (Å²) in [6.07, 6.45) is 3.89. The van der Waals surface area contributed by atoms with Crippen molar-refractivity contribution in [1.82, 2.24) is 29.4 Å². The maximum Gasteiger partial charge on any atom is 0.275 e. The van der Waals surface area contributed by atoms with Gasteiger partial charge in [0.05, 0.1) is 50.0 Å². The average Bonchev–Trinajstić information content (AvgIpc) is 3.70. The second-order valence-corrected chi connectivity index (χ2v) is 11.8. The van der Waals surface area contributed by atoms with Crippen molar-refractivity contribution < 1.29 is 19.0 Å². The van der Waals surface area contributed by atoms with Crippen LogP contribution in [-0.4, -0.2) is 88.3 Å². The van der Waals surface area contributed by atoms with E-state index >= 15 is 0 Å². The number of fused-ring (bicyclic) bond motifs is 3. The van der Waals surface area contributed by atoms with Crippen LogP contribution in [0.2, 0.25) is 0 Å². The third-order valence-electron chi connectivity index (χ3n) is 7.48. The van der Waals surface area contributed by atoms with E-state index in [-0.39, 0.29) is 12.5 Å². The summed E-state index contributed by atoms with van der Waals surface area (Å²) in [5.41, 5.74) is 5.22. The van der Waals surface area contributed by atoms with Crippen molar-refractivity contribution in [2.45, 2.75) is 32.5 Å². The topological polar surface area (TPSA) is 86.9 Å². The second kappa shape index (κ2) is 10.4. The van der Waals surface area contributed by atoms with E-state index in [4.69, 9.17) is 19.3 Å². The summed E-state index contributed by atoms with van der Waals surface area (Å²) in [6, 6.07) is 6.00. The Kier molecular flexibility index (Phi) is 6.89. The molecule has 3 aromatic heterocycles. The number of carbonyl (C=O) groups excluding carboxylic acids is 1. The summed E-state index contributed by atoms with van der Waals surface area (Å²) in [5, 5.41) is 13.5. The third-order valence-corrected chi connectivity index (χ3v) is 8.15. The molecule has 0 radical (unpaired) electrons. The molecule has 0 aliphatic carbocycles. The van der Waals surface area contributed by atoms with Gasteiger partial charge in [-0.3, -0.25) is 9.48 Å². The first-order chi connectivity index (χ1) is 19.3. The molecule has 1 saturated heterocycles. The van der Waals surface area contributed by atoms with Crippen LogP contribution in [0.4, 0.5) is 0 Å². The van der Waals surface area contributed by atoms with Crippen LogP contribution in [-0.2, 0) is 17.9 Å². The molecule has 2 aliphatic rings. The number of aromatic nitrogens is 4. The maximum absolute atomic E-state index is 14.0. The Balaban J connectivity index is 1.48. The number of benzene rings is 1. The number of hydrogen-bond donors (Lipinski definition) is 0. The fourth-order valence-corrected chi connectivity index (χ4v) is 5.91. The van der Waals surface area contributed by atoms with E-state index in [1.165, 1.54) is 0 Å². The number of likely N-dealkylation sites (N-methyl/N-ethyl adjacent to an activating group) is 1. The minimum absolute atomic E-state index is 0.110. The fraction of sp³-hybridized carbons (Fsp3) is 0.414. The normalized spacial score (nSPS) is 16.0. The van der Waals surface area contributed by atoms with Gasteiger partial charge in [0, 0.05) is 53.0 Å². The lowest BCUT2D eigenvalue weighted by Gasteiger charge is -2.41. The monoisotopic (exact) mass is 562 g/mol. The lowest BCUT2D eigenvalue weighted by Crippen LogP contribution is -2.55. The number of rotatable bonds is 7. The molecular formula is C29H34N6O4S. The van der Waals surface area contributed by atoms with Crippen molar-refractivity contribution in [3.05, 3.63) is 52.6 Å². The van der Waals surface area contributed by atoms with Crippen molar-refractivity contribution in [3.8, 4) is 39.6 Å². The van der Waals surface area contributed by atoms with Crippen LogP contribution >= 0.6 is 11.3 Å². The van der Waals surface area contributed by atoms with Gasteiger partial charge in [0.25, 0.3) is 5.91 Å². The largest absolute Gasteiger partial charge is 0.496 e. The standard InChI is InChI=1S/C29H34N6O4S/c1-29(2)18-38-10-9-34(29)28(36)26-23-16-39-25-13-24(37-5)21(19-14-30-33(15-19)8-7-32(3)4)12-22(25)27(23)35(31-26)20-6-11-40-17-20/h6,11-15,17H,7-10,16,18H2,1-5H3. The van der Waals surface area contributed by atoms with Gasteiger partial charge in [-0.2, -0.15) is 21.5 Å². The summed E-state index contributed by atoms with van der Waals surface area (Å²) >= 11 is 1.59. The molecule has 210 valence electrons. The second-order valence-electron chi connectivity index (χ2n) is 11.0. The van der Waals surface area contributed by atoms with E-state index in [0.717, 1.165) is 46.7 Å². The molecule has 2 aliphatic heterocycles. The van der Waals surface area contributed by atoms with Gasteiger partial charge in [-0.1, -0.05) is 0 Å². The molecule has 6 rings (SSSR count). The lowest BCUT2D eigenvalue weighted by atomic mass is 9.96. The average molecular weight is 563 g/mol. The first-order valence-electron chi connectivity index (χ1n) is 13.3. The van der Waals surface area contributed by atoms with Crippen molar-refractivity contribution in [2.24, 2.45) is 0 Å². The summed E-state index contributed by atoms with van der Waals surface area (Å²) in [6.45, 7) is 7.46. The van der Waals surface area contributed by atoms with Crippen LogP contribution in [0, 0.1) is 0 Å². The van der Waals surface area contributed by atoms with Gasteiger partial charge in [-0.15, -0.1) is 0 Å². The van der Waals surface area contributed by atoms with Crippen LogP contribution in [0.3, 0.4) is 0 Å². The Morgan fingerprint density at radius 3 is 2.83 bits per heavy atom. The van der Waals surface area contributed by atoms with Gasteiger partial charge < -0.3 is 24.0 Å². The zero-order chi connectivity index (χ0) is 28.0. The molecule has 0 atom stereocenters. The lowest BCUT2D eigenvalue weighted by molar-refractivity contribution is -0.0374. The van der Waals surface area contributed by atoms with Crippen LogP contribution < -0.4 is 9.47 Å². The Morgan fingerprint density at radius 2 is 2.10 bits per heavy atom. The molecule has 0 N–H and O–H groups in total. The number of amides is 1. The molecule has 0 unspecified atom stereocenters. The zero-order valence-corrected chi connectivity index (χ0v) is 24.3. The van der Waals surface area contributed by atoms with Crippen molar-refractivity contribution in [1.29, 1.82) is 0 Å². The molecular weight excluding hydrogens is 528 g/mol. The Hall–Kier alpha value is -3.67. The smallest absolute Gasteiger partial charge is 0.275 e. The molecule has 1 fully saturated rings. The van der Waals surface area contributed by atoms with Gasteiger partial charge in [-0.05, 0) is 45.5 Å². The molecule has 11 heteroatoms. The van der Waals surface area contributed by atoms with Crippen LogP contribution in [0.25, 0.3) is 28.1 Å². The van der Waals surface area contributed by atoms with E-state index in [0.29, 0.717) is 37.0 Å². The molecule has 1 amide bonds. The minimum atomic E-state index is -0.435. The third kappa shape index (κ3) is 4.67. The molecule has 0 saturated carbocycles. The molecule has 10 nitrogen and oxygen atoms in total. The Labute approximate surface area is 237 Å². The first-order valence-corrected chi connectivity index (χ1v) is 14.3. The molecule has 1 aromatic carbocycles. The van der Waals surface area contributed by atoms with Crippen LogP contribution in [0.15, 0.2) is 41.4 Å². The predicted molar refractivity (Wildman–Crippen MR) is 153 cm³/mol. The highest BCUT2D eigenvalue weighted by Gasteiger charge is 2.39. The van der Waals surface area contributed by atoms with Crippen molar-refractivity contribution >= 4 is 17.2 Å². The van der Waals surface area contributed by atoms with E-state index in [1.54, 1.807) is 18.4 Å². The van der Waals surface area contributed by atoms with Gasteiger partial charge in [0.2, 0.25) is 0 Å². The molecule has 0 spiro atoms. The van der Waals surface area contributed by atoms with Crippen molar-refractivity contribution in [2.75, 3.05) is 47.5 Å². The molecule has 5 heterocycles. The van der Waals surface area contributed by atoms with Gasteiger partial charge in [0.15, 0.2) is 5.69 Å². The summed E-state index contributed by atoms with van der Waals surface area (Å²) in [5.74, 6) is 1.28. The highest BCUT2D eigenvalue weighted by molar-refractivity contribution is 7.08. The summed E-state index contributed by atoms with van der Waals surface area (Å²) in [4.78, 5) is 18.0. The van der Waals surface area contributed by atoms with Crippen LogP contribution in [0.5, 0.6) is 11.5 Å². The summed E-state index contributed by atoms with van der Waals surface area (Å²) in [7, 11) is 5.75. The number of thiophene rings is 1. The van der Waals surface area contributed by atoms with E-state index in [9.17, 15) is 4.79 Å². The fourth-order valence-electron chi connectivity index (χ4n) is 5.30. The summed E-state index contributed by atoms with van der Waals surface area (Å²) < 4.78 is 21.5. The Bertz CT molecular complexity index is 1540. The molecule has 40 heavy (non-hydrogen) atoms. The minimum Gasteiger partial charge on any atom is -0.496 e. The first kappa shape index (κ1) is 26.5. The van der Waals surface area contributed by atoms with Gasteiger partial charge in [-0.25, -0.2) is 4.68 Å². The van der Waals surface area contributed by atoms with Crippen molar-refractivity contribution in [3.63, 3.8) is 0 Å². The highest BCUT2D eigenvalue weighted by atomic mass is 32.1. The number of methoxy groups -OCH3 is 1. The molecule has 0 bridgehead atoms. The van der Waals surface area contributed by atoms with Gasteiger partial charge in [0.1, 0.15) is 18.1 Å². The quantitative estimate of drug-likeness (QED) is 0.334. The highest BCUT2D eigenvalue weighted by Crippen LogP contribution is 2.46. The van der Waals surface area contributed by atoms with Crippen LogP contribution in [0.1, 0.15) is 29.9 Å². The number of hydrogen-bond acceptors (Lipinski definition) is 8. The zero-order valence-electron chi connectivity index (χ0n) is 23.5. The molecule has 4 aromatic rings. The number of ether oxygens (including phenoxy) is 3. The number of nitrogens with zero attached hydrogens (tertiary/aromatic N) is 6. The predicted octanol–water partition coefficient (Wildman–Crippen LogP) is 4.18. The maximum atomic E-state index is 14.0. The van der Waals surface area contributed by atoms with E-state index in [2.05, 4.69) is 16.1 Å². The number of morpholine rings is 1. The van der Waals surface area contributed by atoms with E-state index < -0.39 is 5.54 Å². The Morgan fingerprint density at radius 1 is 1.25 bits per heavy atom. The SMILES string of the molecule is COc1cc2c(cc1-c1cnn(CCN(C)C)c1)-c1c(c(C(=O)N3CCOCC3(C)C)nn1-c1ccsc1)CO2. The number of carbonyl (C=O) groups is 1. The van der Waals surface area contributed by atoms with E-state index in [1.807, 2.05) is 77.5 Å². The van der Waals surface area contributed by atoms with Gasteiger partial charge >= 0.3 is 0 Å².